The predicted octanol–water partition coefficient (Wildman–Crippen LogP) is 1.71. The number of fused-ring (bicyclic) bond motifs is 4. The second-order valence-electron chi connectivity index (χ2n) is 5.69. The molecule has 0 bridgehead atoms. The van der Waals surface area contributed by atoms with Crippen LogP contribution in [0.15, 0.2) is 45.8 Å². The fraction of sp³-hybridized carbons (Fsp3) is 0.133. The van der Waals surface area contributed by atoms with Gasteiger partial charge >= 0.3 is 5.88 Å². The molecule has 2 atom stereocenters. The lowest BCUT2D eigenvalue weighted by Gasteiger charge is -2.24. The highest BCUT2D eigenvalue weighted by Crippen LogP contribution is 2.43. The quantitative estimate of drug-likeness (QED) is 0.514. The van der Waals surface area contributed by atoms with Crippen LogP contribution in [0, 0.1) is 16.0 Å². The lowest BCUT2D eigenvalue weighted by Crippen LogP contribution is -2.32. The molecule has 0 saturated carbocycles. The predicted molar refractivity (Wildman–Crippen MR) is 81.8 cm³/mol. The highest BCUT2D eigenvalue weighted by atomic mass is 16.6. The Kier molecular flexibility index (Phi) is 2.56. The molecule has 10 heteroatoms. The summed E-state index contributed by atoms with van der Waals surface area (Å²) in [4.78, 5) is 27.7. The van der Waals surface area contributed by atoms with Gasteiger partial charge in [-0.15, -0.1) is 0 Å². The van der Waals surface area contributed by atoms with Crippen molar-refractivity contribution in [3.05, 3.63) is 63.4 Å². The summed E-state index contributed by atoms with van der Waals surface area (Å²) in [6.07, 6.45) is 0. The third-order valence-electron chi connectivity index (χ3n) is 4.40. The highest BCUT2D eigenvalue weighted by molar-refractivity contribution is 6.29. The Hall–Kier alpha value is -3.69. The Labute approximate surface area is 138 Å². The van der Waals surface area contributed by atoms with Crippen molar-refractivity contribution in [3.63, 3.8) is 0 Å². The van der Waals surface area contributed by atoms with Gasteiger partial charge in [-0.25, -0.2) is 4.99 Å². The number of carbonyl (C=O) groups is 1. The standard InChI is InChI=1S/C15H8N6O4/c22-14-8-4-2-1-3-7(8)12-11(14)13(20-15(16-12)17-18-19-20)9-5-6-10(25-9)21(23)24/h1-6,11,13H. The van der Waals surface area contributed by atoms with Crippen LogP contribution in [0.2, 0.25) is 0 Å². The first-order chi connectivity index (χ1) is 12.1. The number of nitrogens with zero attached hydrogens (tertiary/aromatic N) is 6. The number of nitro groups is 1. The Bertz CT molecular complexity index is 1080. The van der Waals surface area contributed by atoms with Crippen molar-refractivity contribution >= 4 is 23.3 Å². The Morgan fingerprint density at radius 2 is 1.96 bits per heavy atom. The lowest BCUT2D eigenvalue weighted by atomic mass is 9.91. The zero-order valence-corrected chi connectivity index (χ0v) is 12.4. The third kappa shape index (κ3) is 1.75. The van der Waals surface area contributed by atoms with Crippen LogP contribution in [0.1, 0.15) is 27.7 Å². The molecule has 0 amide bonds. The summed E-state index contributed by atoms with van der Waals surface area (Å²) in [7, 11) is 0. The molecule has 0 N–H and O–H groups in total. The summed E-state index contributed by atoms with van der Waals surface area (Å²) in [6, 6.07) is 9.12. The number of hydrogen-bond acceptors (Lipinski definition) is 8. The number of tetrazole rings is 1. The van der Waals surface area contributed by atoms with Crippen molar-refractivity contribution < 1.29 is 14.1 Å². The van der Waals surface area contributed by atoms with E-state index in [1.165, 1.54) is 16.8 Å². The van der Waals surface area contributed by atoms with Crippen LogP contribution in [0.5, 0.6) is 0 Å². The van der Waals surface area contributed by atoms with E-state index in [2.05, 4.69) is 20.5 Å². The van der Waals surface area contributed by atoms with Crippen molar-refractivity contribution in [1.29, 1.82) is 0 Å². The van der Waals surface area contributed by atoms with Crippen LogP contribution in [0.4, 0.5) is 11.8 Å². The molecular weight excluding hydrogens is 328 g/mol. The Morgan fingerprint density at radius 1 is 1.16 bits per heavy atom. The summed E-state index contributed by atoms with van der Waals surface area (Å²) >= 11 is 0. The normalized spacial score (nSPS) is 20.6. The zero-order chi connectivity index (χ0) is 17.1. The minimum Gasteiger partial charge on any atom is -0.403 e. The average Bonchev–Trinajstić information content (AvgIpc) is 3.33. The van der Waals surface area contributed by atoms with E-state index >= 15 is 0 Å². The zero-order valence-electron chi connectivity index (χ0n) is 12.4. The third-order valence-corrected chi connectivity index (χ3v) is 4.40. The van der Waals surface area contributed by atoms with Crippen LogP contribution < -0.4 is 0 Å². The number of benzene rings is 1. The number of ketones is 1. The number of furan rings is 1. The Morgan fingerprint density at radius 3 is 2.72 bits per heavy atom. The molecule has 2 aliphatic rings. The van der Waals surface area contributed by atoms with Crippen molar-refractivity contribution in [3.8, 4) is 0 Å². The van der Waals surface area contributed by atoms with E-state index in [-0.39, 0.29) is 17.5 Å². The molecule has 0 spiro atoms. The molecule has 1 aliphatic carbocycles. The Balaban J connectivity index is 1.73. The molecule has 3 heterocycles. The fourth-order valence-corrected chi connectivity index (χ4v) is 3.38. The van der Waals surface area contributed by atoms with Crippen molar-refractivity contribution in [2.75, 3.05) is 0 Å². The van der Waals surface area contributed by atoms with Gasteiger partial charge in [0.05, 0.1) is 17.7 Å². The lowest BCUT2D eigenvalue weighted by molar-refractivity contribution is -0.402. The van der Waals surface area contributed by atoms with Gasteiger partial charge in [0.2, 0.25) is 0 Å². The molecule has 2 unspecified atom stereocenters. The summed E-state index contributed by atoms with van der Waals surface area (Å²) in [5.41, 5.74) is 1.82. The summed E-state index contributed by atoms with van der Waals surface area (Å²) in [5, 5.41) is 22.3. The second kappa shape index (κ2) is 4.66. The van der Waals surface area contributed by atoms with Crippen LogP contribution in [0.25, 0.3) is 0 Å². The minimum atomic E-state index is -0.730. The average molecular weight is 336 g/mol. The molecule has 0 radical (unpaired) electrons. The van der Waals surface area contributed by atoms with Gasteiger partial charge in [-0.2, -0.15) is 4.68 Å². The topological polar surface area (TPSA) is 129 Å². The molecule has 3 aromatic rings. The smallest absolute Gasteiger partial charge is 0.403 e. The molecule has 10 nitrogen and oxygen atoms in total. The summed E-state index contributed by atoms with van der Waals surface area (Å²) < 4.78 is 6.71. The van der Waals surface area contributed by atoms with Gasteiger partial charge < -0.3 is 4.42 Å². The number of aliphatic imine (C=N–C) groups is 1. The van der Waals surface area contributed by atoms with Gasteiger partial charge in [0.15, 0.2) is 5.78 Å². The van der Waals surface area contributed by atoms with Crippen LogP contribution in [-0.2, 0) is 0 Å². The second-order valence-corrected chi connectivity index (χ2v) is 5.69. The van der Waals surface area contributed by atoms with Crippen LogP contribution in [0.3, 0.4) is 0 Å². The van der Waals surface area contributed by atoms with Gasteiger partial charge in [-0.05, 0) is 16.5 Å². The van der Waals surface area contributed by atoms with E-state index in [1.807, 2.05) is 12.1 Å². The SMILES string of the molecule is O=C1c2ccccc2C2=Nc3nnnn3C(c3ccc([N+](=O)[O-])o3)C12. The van der Waals surface area contributed by atoms with Gasteiger partial charge in [0, 0.05) is 11.1 Å². The summed E-state index contributed by atoms with van der Waals surface area (Å²) in [5.74, 6) is -0.783. The molecule has 2 aromatic heterocycles. The molecule has 5 rings (SSSR count). The molecule has 122 valence electrons. The monoisotopic (exact) mass is 336 g/mol. The van der Waals surface area contributed by atoms with Gasteiger partial charge in [-0.1, -0.05) is 29.4 Å². The number of hydrogen-bond donors (Lipinski definition) is 0. The fourth-order valence-electron chi connectivity index (χ4n) is 3.38. The summed E-state index contributed by atoms with van der Waals surface area (Å²) in [6.45, 7) is 0. The minimum absolute atomic E-state index is 0.139. The maximum atomic E-state index is 12.9. The largest absolute Gasteiger partial charge is 0.433 e. The molecule has 0 fully saturated rings. The van der Waals surface area contributed by atoms with Gasteiger partial charge in [0.25, 0.3) is 5.95 Å². The number of carbonyl (C=O) groups excluding carboxylic acids is 1. The van der Waals surface area contributed by atoms with E-state index in [9.17, 15) is 14.9 Å². The first kappa shape index (κ1) is 13.7. The van der Waals surface area contributed by atoms with E-state index in [4.69, 9.17) is 4.42 Å². The van der Waals surface area contributed by atoms with E-state index < -0.39 is 22.8 Å². The van der Waals surface area contributed by atoms with E-state index in [0.29, 0.717) is 11.3 Å². The highest BCUT2D eigenvalue weighted by Gasteiger charge is 2.48. The molecule has 1 aliphatic heterocycles. The van der Waals surface area contributed by atoms with Crippen LogP contribution in [-0.4, -0.2) is 36.6 Å². The van der Waals surface area contributed by atoms with Gasteiger partial charge in [-0.3, -0.25) is 14.9 Å². The van der Waals surface area contributed by atoms with Crippen molar-refractivity contribution in [2.45, 2.75) is 6.04 Å². The van der Waals surface area contributed by atoms with Crippen molar-refractivity contribution in [2.24, 2.45) is 10.9 Å². The molecular formula is C15H8N6O4. The first-order valence-electron chi connectivity index (χ1n) is 7.39. The molecule has 0 saturated heterocycles. The van der Waals surface area contributed by atoms with Gasteiger partial charge in [0.1, 0.15) is 16.7 Å². The maximum Gasteiger partial charge on any atom is 0.433 e. The first-order valence-corrected chi connectivity index (χ1v) is 7.39. The number of aromatic nitrogens is 4. The molecule has 25 heavy (non-hydrogen) atoms. The number of rotatable bonds is 2. The van der Waals surface area contributed by atoms with Crippen LogP contribution >= 0.6 is 0 Å². The number of Topliss-reactive ketones (excluding diaryl/α,β-unsaturated/α-hetero) is 1. The van der Waals surface area contributed by atoms with Crippen molar-refractivity contribution in [1.82, 2.24) is 20.2 Å². The van der Waals surface area contributed by atoms with E-state index in [1.54, 1.807) is 12.1 Å². The molecule has 1 aromatic carbocycles. The van der Waals surface area contributed by atoms with E-state index in [0.717, 1.165) is 5.56 Å². The maximum absolute atomic E-state index is 12.9.